The molecule has 0 N–H and O–H groups in total. The molecule has 3 nitrogen and oxygen atoms in total. The lowest BCUT2D eigenvalue weighted by Crippen LogP contribution is -2.09. The molecule has 0 saturated heterocycles. The van der Waals surface area contributed by atoms with E-state index in [1.807, 2.05) is 0 Å². The predicted molar refractivity (Wildman–Crippen MR) is 196 cm³/mol. The molecule has 10 rings (SSSR count). The number of hydrogen-bond donors (Lipinski definition) is 0. The van der Waals surface area contributed by atoms with Crippen molar-refractivity contribution < 1.29 is 8.83 Å². The van der Waals surface area contributed by atoms with Crippen molar-refractivity contribution in [3.05, 3.63) is 164 Å². The monoisotopic (exact) mass is 601 g/mol. The normalized spacial score (nSPS) is 11.8. The van der Waals surface area contributed by atoms with Gasteiger partial charge in [-0.2, -0.15) is 0 Å². The highest BCUT2D eigenvalue weighted by Gasteiger charge is 2.20. The fourth-order valence-corrected chi connectivity index (χ4v) is 7.28. The van der Waals surface area contributed by atoms with E-state index in [-0.39, 0.29) is 0 Å². The van der Waals surface area contributed by atoms with E-state index in [4.69, 9.17) is 8.83 Å². The molecule has 0 radical (unpaired) electrons. The summed E-state index contributed by atoms with van der Waals surface area (Å²) in [6.07, 6.45) is 0. The van der Waals surface area contributed by atoms with Gasteiger partial charge < -0.3 is 13.7 Å². The van der Waals surface area contributed by atoms with Gasteiger partial charge in [-0.15, -0.1) is 0 Å². The van der Waals surface area contributed by atoms with Gasteiger partial charge in [0.2, 0.25) is 0 Å². The standard InChI is InChI=1S/C44H27NO2/c1-2-12-31(13-3-1)45(32-20-17-30(18-21-32)35-16-8-11-28-9-4-6-14-34(28)35)33-22-23-37-41(27-33)46-40-26-24-38-42-36-15-7-5-10-29(36)19-25-39(42)47-44(38)43(37)40/h1-27H. The Morgan fingerprint density at radius 2 is 1.00 bits per heavy atom. The minimum atomic E-state index is 0.818. The van der Waals surface area contributed by atoms with Gasteiger partial charge in [-0.1, -0.05) is 103 Å². The number of furan rings is 2. The van der Waals surface area contributed by atoms with Crippen LogP contribution in [-0.4, -0.2) is 0 Å². The molecule has 0 aliphatic heterocycles. The van der Waals surface area contributed by atoms with E-state index in [1.165, 1.54) is 32.7 Å². The van der Waals surface area contributed by atoms with Gasteiger partial charge >= 0.3 is 0 Å². The fourth-order valence-electron chi connectivity index (χ4n) is 7.28. The van der Waals surface area contributed by atoms with Gasteiger partial charge in [0.1, 0.15) is 22.3 Å². The van der Waals surface area contributed by atoms with Crippen molar-refractivity contribution in [1.82, 2.24) is 0 Å². The third-order valence-electron chi connectivity index (χ3n) is 9.44. The van der Waals surface area contributed by atoms with E-state index in [0.29, 0.717) is 0 Å². The first-order chi connectivity index (χ1) is 23.3. The van der Waals surface area contributed by atoms with Gasteiger partial charge in [-0.05, 0) is 87.3 Å². The molecular formula is C44H27NO2. The third-order valence-corrected chi connectivity index (χ3v) is 9.44. The number of anilines is 3. The zero-order valence-electron chi connectivity index (χ0n) is 25.4. The summed E-state index contributed by atoms with van der Waals surface area (Å²) in [5.41, 5.74) is 8.98. The summed E-state index contributed by atoms with van der Waals surface area (Å²) in [6.45, 7) is 0. The Hall–Kier alpha value is -6.32. The molecule has 0 aliphatic rings. The minimum Gasteiger partial charge on any atom is -0.456 e. The molecule has 0 spiro atoms. The quantitative estimate of drug-likeness (QED) is 0.201. The first-order valence-corrected chi connectivity index (χ1v) is 15.9. The Morgan fingerprint density at radius 3 is 1.85 bits per heavy atom. The lowest BCUT2D eigenvalue weighted by Gasteiger charge is -2.25. The van der Waals surface area contributed by atoms with Gasteiger partial charge in [0, 0.05) is 39.3 Å². The molecule has 0 amide bonds. The average molecular weight is 602 g/mol. The van der Waals surface area contributed by atoms with Crippen LogP contribution in [0.25, 0.3) is 76.5 Å². The number of benzene rings is 8. The highest BCUT2D eigenvalue weighted by Crippen LogP contribution is 2.44. The highest BCUT2D eigenvalue weighted by atomic mass is 16.3. The summed E-state index contributed by atoms with van der Waals surface area (Å²) in [7, 11) is 0. The Labute approximate surface area is 270 Å². The Bertz CT molecular complexity index is 2780. The molecule has 0 aliphatic carbocycles. The van der Waals surface area contributed by atoms with Crippen molar-refractivity contribution >= 4 is 82.5 Å². The zero-order valence-corrected chi connectivity index (χ0v) is 25.4. The van der Waals surface area contributed by atoms with E-state index in [2.05, 4.69) is 169 Å². The van der Waals surface area contributed by atoms with Gasteiger partial charge in [0.05, 0.1) is 5.39 Å². The summed E-state index contributed by atoms with van der Waals surface area (Å²) in [4.78, 5) is 2.28. The fraction of sp³-hybridized carbons (Fsp3) is 0. The first-order valence-electron chi connectivity index (χ1n) is 15.9. The maximum absolute atomic E-state index is 6.56. The molecule has 220 valence electrons. The van der Waals surface area contributed by atoms with Crippen molar-refractivity contribution in [3.8, 4) is 11.1 Å². The first kappa shape index (κ1) is 26.0. The minimum absolute atomic E-state index is 0.818. The predicted octanol–water partition coefficient (Wildman–Crippen LogP) is 12.9. The number of rotatable bonds is 4. The van der Waals surface area contributed by atoms with Crippen LogP contribution in [-0.2, 0) is 0 Å². The van der Waals surface area contributed by atoms with E-state index >= 15 is 0 Å². The smallest absolute Gasteiger partial charge is 0.147 e. The average Bonchev–Trinajstić information content (AvgIpc) is 3.70. The van der Waals surface area contributed by atoms with E-state index in [0.717, 1.165) is 60.9 Å². The van der Waals surface area contributed by atoms with Gasteiger partial charge in [-0.25, -0.2) is 0 Å². The maximum Gasteiger partial charge on any atom is 0.147 e. The van der Waals surface area contributed by atoms with E-state index in [1.54, 1.807) is 0 Å². The second kappa shape index (κ2) is 10.1. The van der Waals surface area contributed by atoms with Crippen LogP contribution in [0.3, 0.4) is 0 Å². The number of hydrogen-bond acceptors (Lipinski definition) is 3. The van der Waals surface area contributed by atoms with Crippen LogP contribution in [0.2, 0.25) is 0 Å². The summed E-state index contributed by atoms with van der Waals surface area (Å²) in [6, 6.07) is 57.8. The summed E-state index contributed by atoms with van der Waals surface area (Å²) in [5.74, 6) is 0. The van der Waals surface area contributed by atoms with Gasteiger partial charge in [0.25, 0.3) is 0 Å². The molecule has 8 aromatic carbocycles. The largest absolute Gasteiger partial charge is 0.456 e. The lowest BCUT2D eigenvalue weighted by molar-refractivity contribution is 0.663. The Morgan fingerprint density at radius 1 is 0.362 bits per heavy atom. The van der Waals surface area contributed by atoms with Crippen LogP contribution in [0.4, 0.5) is 17.1 Å². The Balaban J connectivity index is 1.12. The molecule has 0 saturated carbocycles. The van der Waals surface area contributed by atoms with Crippen LogP contribution in [0.15, 0.2) is 173 Å². The summed E-state index contributed by atoms with van der Waals surface area (Å²) in [5, 5.41) is 9.20. The second-order valence-corrected chi connectivity index (χ2v) is 12.1. The molecule has 0 unspecified atom stereocenters. The van der Waals surface area contributed by atoms with Crippen molar-refractivity contribution in [3.63, 3.8) is 0 Å². The van der Waals surface area contributed by atoms with Crippen LogP contribution in [0, 0.1) is 0 Å². The van der Waals surface area contributed by atoms with Gasteiger partial charge in [0.15, 0.2) is 0 Å². The van der Waals surface area contributed by atoms with E-state index in [9.17, 15) is 0 Å². The summed E-state index contributed by atoms with van der Waals surface area (Å²) >= 11 is 0. The SMILES string of the molecule is c1ccc(N(c2ccc(-c3cccc4ccccc34)cc2)c2ccc3c(c2)oc2ccc4c(oc5ccc6ccccc6c54)c23)cc1. The molecular weight excluding hydrogens is 574 g/mol. The molecule has 47 heavy (non-hydrogen) atoms. The van der Waals surface area contributed by atoms with Crippen molar-refractivity contribution in [2.75, 3.05) is 4.90 Å². The topological polar surface area (TPSA) is 29.5 Å². The number of nitrogens with zero attached hydrogens (tertiary/aromatic N) is 1. The summed E-state index contributed by atoms with van der Waals surface area (Å²) < 4.78 is 13.1. The highest BCUT2D eigenvalue weighted by molar-refractivity contribution is 6.26. The Kier molecular flexibility index (Phi) is 5.57. The van der Waals surface area contributed by atoms with Crippen LogP contribution in [0.5, 0.6) is 0 Å². The zero-order chi connectivity index (χ0) is 30.9. The molecule has 2 heterocycles. The molecule has 0 atom stereocenters. The number of para-hydroxylation sites is 1. The molecule has 10 aromatic rings. The van der Waals surface area contributed by atoms with E-state index < -0.39 is 0 Å². The molecule has 2 aromatic heterocycles. The molecule has 3 heteroatoms. The molecule has 0 fully saturated rings. The third kappa shape index (κ3) is 4.00. The van der Waals surface area contributed by atoms with Crippen LogP contribution < -0.4 is 4.90 Å². The van der Waals surface area contributed by atoms with Crippen molar-refractivity contribution in [2.45, 2.75) is 0 Å². The van der Waals surface area contributed by atoms with Crippen LogP contribution in [0.1, 0.15) is 0 Å². The van der Waals surface area contributed by atoms with Crippen LogP contribution >= 0.6 is 0 Å². The molecule has 0 bridgehead atoms. The second-order valence-electron chi connectivity index (χ2n) is 12.1. The van der Waals surface area contributed by atoms with Crippen molar-refractivity contribution in [1.29, 1.82) is 0 Å². The van der Waals surface area contributed by atoms with Gasteiger partial charge in [-0.3, -0.25) is 0 Å². The maximum atomic E-state index is 6.56. The number of fused-ring (bicyclic) bond motifs is 10. The lowest BCUT2D eigenvalue weighted by atomic mass is 9.98. The van der Waals surface area contributed by atoms with Crippen molar-refractivity contribution in [2.24, 2.45) is 0 Å².